The van der Waals surface area contributed by atoms with Gasteiger partial charge in [-0.2, -0.15) is 5.26 Å². The summed E-state index contributed by atoms with van der Waals surface area (Å²) >= 11 is 1.24. The Morgan fingerprint density at radius 3 is 2.95 bits per heavy atom. The molecule has 19 heavy (non-hydrogen) atoms. The molecule has 2 rings (SSSR count). The number of aliphatic hydroxyl groups is 1. The summed E-state index contributed by atoms with van der Waals surface area (Å²) in [5.41, 5.74) is 0.507. The van der Waals surface area contributed by atoms with Gasteiger partial charge in [0.05, 0.1) is 22.7 Å². The number of nitrogens with zero attached hydrogens (tertiary/aromatic N) is 3. The molecule has 0 atom stereocenters. The highest BCUT2D eigenvalue weighted by molar-refractivity contribution is 7.99. The van der Waals surface area contributed by atoms with Crippen molar-refractivity contribution >= 4 is 22.7 Å². The first-order valence-electron chi connectivity index (χ1n) is 5.88. The SMILES string of the molecule is N#CCSc1nc2ccccc2c(=O)n1CCCO. The van der Waals surface area contributed by atoms with E-state index < -0.39 is 0 Å². The van der Waals surface area contributed by atoms with Gasteiger partial charge >= 0.3 is 0 Å². The molecule has 2 aromatic rings. The highest BCUT2D eigenvalue weighted by Crippen LogP contribution is 2.17. The number of aromatic nitrogens is 2. The van der Waals surface area contributed by atoms with Crippen molar-refractivity contribution < 1.29 is 5.11 Å². The summed E-state index contributed by atoms with van der Waals surface area (Å²) in [6.07, 6.45) is 0.486. The minimum absolute atomic E-state index is 0.0155. The minimum atomic E-state index is -0.125. The van der Waals surface area contributed by atoms with E-state index in [1.807, 2.05) is 12.1 Å². The topological polar surface area (TPSA) is 78.9 Å². The Morgan fingerprint density at radius 1 is 1.42 bits per heavy atom. The maximum absolute atomic E-state index is 12.4. The van der Waals surface area contributed by atoms with Crippen molar-refractivity contribution in [2.75, 3.05) is 12.4 Å². The molecule has 0 saturated carbocycles. The van der Waals surface area contributed by atoms with E-state index in [1.165, 1.54) is 16.3 Å². The number of hydrogen-bond donors (Lipinski definition) is 1. The van der Waals surface area contributed by atoms with Crippen LogP contribution in [0.15, 0.2) is 34.2 Å². The molecule has 1 N–H and O–H groups in total. The second kappa shape index (κ2) is 6.36. The molecule has 0 bridgehead atoms. The van der Waals surface area contributed by atoms with Crippen molar-refractivity contribution in [3.05, 3.63) is 34.6 Å². The molecule has 1 aromatic heterocycles. The molecule has 0 spiro atoms. The van der Waals surface area contributed by atoms with E-state index in [0.717, 1.165) is 0 Å². The number of para-hydroxylation sites is 1. The molecular formula is C13H13N3O2S. The van der Waals surface area contributed by atoms with Crippen LogP contribution in [0.3, 0.4) is 0 Å². The average molecular weight is 275 g/mol. The van der Waals surface area contributed by atoms with Crippen molar-refractivity contribution in [1.29, 1.82) is 5.26 Å². The first kappa shape index (κ1) is 13.6. The molecule has 6 heteroatoms. The second-order valence-corrected chi connectivity index (χ2v) is 4.83. The van der Waals surface area contributed by atoms with Gasteiger partial charge in [-0.15, -0.1) is 0 Å². The van der Waals surface area contributed by atoms with Crippen LogP contribution in [0.1, 0.15) is 6.42 Å². The number of aliphatic hydroxyl groups excluding tert-OH is 1. The molecule has 0 aliphatic heterocycles. The van der Waals surface area contributed by atoms with Crippen LogP contribution in [0.25, 0.3) is 10.9 Å². The fourth-order valence-electron chi connectivity index (χ4n) is 1.78. The van der Waals surface area contributed by atoms with Crippen molar-refractivity contribution in [2.24, 2.45) is 0 Å². The fourth-order valence-corrected chi connectivity index (χ4v) is 2.47. The van der Waals surface area contributed by atoms with E-state index in [4.69, 9.17) is 10.4 Å². The summed E-state index contributed by atoms with van der Waals surface area (Å²) in [6, 6.07) is 9.16. The van der Waals surface area contributed by atoms with Gasteiger partial charge in [0.1, 0.15) is 0 Å². The van der Waals surface area contributed by atoms with E-state index in [2.05, 4.69) is 4.98 Å². The third-order valence-corrected chi connectivity index (χ3v) is 3.48. The quantitative estimate of drug-likeness (QED) is 0.659. The highest BCUT2D eigenvalue weighted by Gasteiger charge is 2.10. The van der Waals surface area contributed by atoms with Crippen molar-refractivity contribution in [2.45, 2.75) is 18.1 Å². The lowest BCUT2D eigenvalue weighted by Crippen LogP contribution is -2.24. The maximum Gasteiger partial charge on any atom is 0.262 e. The number of fused-ring (bicyclic) bond motifs is 1. The summed E-state index contributed by atoms with van der Waals surface area (Å²) in [5, 5.41) is 18.6. The van der Waals surface area contributed by atoms with Crippen LogP contribution in [0.4, 0.5) is 0 Å². The van der Waals surface area contributed by atoms with Crippen LogP contribution in [0, 0.1) is 11.3 Å². The van der Waals surface area contributed by atoms with Gasteiger partial charge in [-0.05, 0) is 18.6 Å². The summed E-state index contributed by atoms with van der Waals surface area (Å²) in [6.45, 7) is 0.419. The average Bonchev–Trinajstić information content (AvgIpc) is 2.44. The summed E-state index contributed by atoms with van der Waals surface area (Å²) in [5.74, 6) is 0.240. The van der Waals surface area contributed by atoms with E-state index in [0.29, 0.717) is 29.0 Å². The van der Waals surface area contributed by atoms with Gasteiger partial charge in [-0.25, -0.2) is 4.98 Å². The smallest absolute Gasteiger partial charge is 0.262 e. The molecule has 5 nitrogen and oxygen atoms in total. The van der Waals surface area contributed by atoms with Crippen molar-refractivity contribution in [3.8, 4) is 6.07 Å². The maximum atomic E-state index is 12.4. The minimum Gasteiger partial charge on any atom is -0.396 e. The Bertz CT molecular complexity index is 676. The van der Waals surface area contributed by atoms with Gasteiger partial charge in [0.2, 0.25) is 0 Å². The van der Waals surface area contributed by atoms with Gasteiger partial charge in [0, 0.05) is 13.2 Å². The van der Waals surface area contributed by atoms with E-state index >= 15 is 0 Å². The fraction of sp³-hybridized carbons (Fsp3) is 0.308. The van der Waals surface area contributed by atoms with Gasteiger partial charge in [-0.1, -0.05) is 23.9 Å². The zero-order valence-electron chi connectivity index (χ0n) is 10.2. The van der Waals surface area contributed by atoms with Crippen LogP contribution in [-0.2, 0) is 6.54 Å². The number of benzene rings is 1. The van der Waals surface area contributed by atoms with E-state index in [-0.39, 0.29) is 17.9 Å². The molecule has 0 aliphatic rings. The van der Waals surface area contributed by atoms with Gasteiger partial charge in [0.15, 0.2) is 5.16 Å². The summed E-state index contributed by atoms with van der Waals surface area (Å²) < 4.78 is 1.53. The zero-order valence-corrected chi connectivity index (χ0v) is 11.1. The Morgan fingerprint density at radius 2 is 2.21 bits per heavy atom. The third kappa shape index (κ3) is 2.95. The van der Waals surface area contributed by atoms with Crippen LogP contribution < -0.4 is 5.56 Å². The Hall–Kier alpha value is -1.84. The Balaban J connectivity index is 2.56. The molecule has 0 fully saturated rings. The summed E-state index contributed by atoms with van der Waals surface area (Å²) in [4.78, 5) is 16.8. The van der Waals surface area contributed by atoms with Crippen LogP contribution in [0.5, 0.6) is 0 Å². The standard InChI is InChI=1S/C13H13N3O2S/c14-6-9-19-13-15-11-5-2-1-4-10(11)12(18)16(13)7-3-8-17/h1-2,4-5,17H,3,7-9H2. The van der Waals surface area contributed by atoms with E-state index in [9.17, 15) is 4.79 Å². The predicted molar refractivity (Wildman–Crippen MR) is 74.0 cm³/mol. The summed E-state index contributed by atoms with van der Waals surface area (Å²) in [7, 11) is 0. The largest absolute Gasteiger partial charge is 0.396 e. The number of rotatable bonds is 5. The molecule has 0 unspecified atom stereocenters. The van der Waals surface area contributed by atoms with Crippen LogP contribution in [0.2, 0.25) is 0 Å². The lowest BCUT2D eigenvalue weighted by molar-refractivity contribution is 0.276. The first-order valence-corrected chi connectivity index (χ1v) is 6.86. The van der Waals surface area contributed by atoms with Crippen molar-refractivity contribution in [3.63, 3.8) is 0 Å². The first-order chi connectivity index (χ1) is 9.27. The van der Waals surface area contributed by atoms with Crippen LogP contribution in [-0.4, -0.2) is 27.0 Å². The normalized spacial score (nSPS) is 10.5. The number of nitriles is 1. The second-order valence-electron chi connectivity index (χ2n) is 3.89. The number of hydrogen-bond acceptors (Lipinski definition) is 5. The highest BCUT2D eigenvalue weighted by atomic mass is 32.2. The van der Waals surface area contributed by atoms with Crippen molar-refractivity contribution in [1.82, 2.24) is 9.55 Å². The monoisotopic (exact) mass is 275 g/mol. The lowest BCUT2D eigenvalue weighted by atomic mass is 10.2. The molecule has 1 heterocycles. The lowest BCUT2D eigenvalue weighted by Gasteiger charge is -2.11. The molecule has 0 aliphatic carbocycles. The zero-order chi connectivity index (χ0) is 13.7. The third-order valence-electron chi connectivity index (χ3n) is 2.63. The molecule has 98 valence electrons. The molecular weight excluding hydrogens is 262 g/mol. The Kier molecular flexibility index (Phi) is 4.55. The Labute approximate surface area is 114 Å². The van der Waals surface area contributed by atoms with E-state index in [1.54, 1.807) is 18.2 Å². The molecule has 0 saturated heterocycles. The van der Waals surface area contributed by atoms with Gasteiger partial charge in [-0.3, -0.25) is 9.36 Å². The van der Waals surface area contributed by atoms with Gasteiger partial charge < -0.3 is 5.11 Å². The molecule has 0 radical (unpaired) electrons. The van der Waals surface area contributed by atoms with Crippen LogP contribution >= 0.6 is 11.8 Å². The van der Waals surface area contributed by atoms with Gasteiger partial charge in [0.25, 0.3) is 5.56 Å². The molecule has 0 amide bonds. The molecule has 1 aromatic carbocycles. The predicted octanol–water partition coefficient (Wildman–Crippen LogP) is 1.39. The number of thioether (sulfide) groups is 1.